The van der Waals surface area contributed by atoms with Crippen LogP contribution in [0.5, 0.6) is 0 Å². The quantitative estimate of drug-likeness (QED) is 0.844. The van der Waals surface area contributed by atoms with E-state index in [9.17, 15) is 9.59 Å². The third-order valence-corrected chi connectivity index (χ3v) is 4.41. The minimum absolute atomic E-state index is 0.0620. The number of rotatable bonds is 2. The van der Waals surface area contributed by atoms with E-state index in [2.05, 4.69) is 5.32 Å². The average Bonchev–Trinajstić information content (AvgIpc) is 2.87. The van der Waals surface area contributed by atoms with Gasteiger partial charge in [0, 0.05) is 18.0 Å². The van der Waals surface area contributed by atoms with Gasteiger partial charge in [-0.2, -0.15) is 0 Å². The lowest BCUT2D eigenvalue weighted by atomic mass is 9.93. The fourth-order valence-corrected chi connectivity index (χ4v) is 3.26. The Morgan fingerprint density at radius 3 is 2.25 bits per heavy atom. The fraction of sp³-hybridized carbons (Fsp3) is 0.875. The minimum Gasteiger partial charge on any atom is -0.352 e. The zero-order valence-electron chi connectivity index (χ0n) is 13.1. The van der Waals surface area contributed by atoms with Gasteiger partial charge >= 0.3 is 0 Å². The monoisotopic (exact) mass is 280 g/mol. The molecule has 0 spiro atoms. The van der Waals surface area contributed by atoms with Crippen LogP contribution in [-0.2, 0) is 9.59 Å². The van der Waals surface area contributed by atoms with Crippen molar-refractivity contribution in [3.05, 3.63) is 0 Å². The topological polar surface area (TPSA) is 49.4 Å². The SMILES string of the molecule is CC(C)(C)C(=O)N1CCC[C@@H]1C(=O)NC1CCCCC1. The van der Waals surface area contributed by atoms with Crippen molar-refractivity contribution in [3.63, 3.8) is 0 Å². The molecule has 2 amide bonds. The maximum atomic E-state index is 12.5. The first-order valence-electron chi connectivity index (χ1n) is 8.01. The molecular formula is C16H28N2O2. The average molecular weight is 280 g/mol. The number of carbonyl (C=O) groups is 2. The van der Waals surface area contributed by atoms with Crippen molar-refractivity contribution < 1.29 is 9.59 Å². The van der Waals surface area contributed by atoms with Crippen LogP contribution in [0.4, 0.5) is 0 Å². The van der Waals surface area contributed by atoms with E-state index in [4.69, 9.17) is 0 Å². The molecule has 0 aromatic carbocycles. The van der Waals surface area contributed by atoms with Crippen molar-refractivity contribution in [3.8, 4) is 0 Å². The molecule has 1 aliphatic carbocycles. The predicted octanol–water partition coefficient (Wildman–Crippen LogP) is 2.47. The Morgan fingerprint density at radius 2 is 1.65 bits per heavy atom. The zero-order chi connectivity index (χ0) is 14.8. The summed E-state index contributed by atoms with van der Waals surface area (Å²) in [5, 5.41) is 3.16. The molecule has 114 valence electrons. The molecular weight excluding hydrogens is 252 g/mol. The molecule has 1 saturated carbocycles. The highest BCUT2D eigenvalue weighted by Crippen LogP contribution is 2.26. The summed E-state index contributed by atoms with van der Waals surface area (Å²) in [4.78, 5) is 26.7. The number of likely N-dealkylation sites (tertiary alicyclic amines) is 1. The molecule has 2 rings (SSSR count). The maximum Gasteiger partial charge on any atom is 0.243 e. The number of hydrogen-bond acceptors (Lipinski definition) is 2. The Morgan fingerprint density at radius 1 is 1.00 bits per heavy atom. The van der Waals surface area contributed by atoms with Gasteiger partial charge in [-0.25, -0.2) is 0 Å². The van der Waals surface area contributed by atoms with Gasteiger partial charge in [0.25, 0.3) is 0 Å². The number of nitrogens with zero attached hydrogens (tertiary/aromatic N) is 1. The molecule has 0 aromatic heterocycles. The van der Waals surface area contributed by atoms with Gasteiger partial charge in [-0.3, -0.25) is 9.59 Å². The molecule has 1 saturated heterocycles. The highest BCUT2D eigenvalue weighted by atomic mass is 16.2. The molecule has 0 bridgehead atoms. The van der Waals surface area contributed by atoms with Crippen molar-refractivity contribution in [1.82, 2.24) is 10.2 Å². The maximum absolute atomic E-state index is 12.5. The van der Waals surface area contributed by atoms with Crippen LogP contribution in [0.15, 0.2) is 0 Å². The van der Waals surface area contributed by atoms with Gasteiger partial charge < -0.3 is 10.2 Å². The number of carbonyl (C=O) groups excluding carboxylic acids is 2. The minimum atomic E-state index is -0.409. The molecule has 1 atom stereocenters. The third kappa shape index (κ3) is 3.53. The van der Waals surface area contributed by atoms with Gasteiger partial charge in [0.05, 0.1) is 0 Å². The second-order valence-electron chi connectivity index (χ2n) is 7.25. The Labute approximate surface area is 122 Å². The molecule has 20 heavy (non-hydrogen) atoms. The molecule has 2 aliphatic rings. The van der Waals surface area contributed by atoms with Gasteiger partial charge in [-0.1, -0.05) is 40.0 Å². The highest BCUT2D eigenvalue weighted by Gasteiger charge is 2.38. The first kappa shape index (κ1) is 15.3. The molecule has 0 unspecified atom stereocenters. The highest BCUT2D eigenvalue weighted by molar-refractivity contribution is 5.90. The smallest absolute Gasteiger partial charge is 0.243 e. The predicted molar refractivity (Wildman–Crippen MR) is 79.2 cm³/mol. The van der Waals surface area contributed by atoms with Crippen LogP contribution in [0.25, 0.3) is 0 Å². The van der Waals surface area contributed by atoms with E-state index in [0.717, 1.165) is 32.2 Å². The van der Waals surface area contributed by atoms with Crippen LogP contribution >= 0.6 is 0 Å². The Hall–Kier alpha value is -1.06. The number of hydrogen-bond donors (Lipinski definition) is 1. The van der Waals surface area contributed by atoms with Crippen LogP contribution in [0.2, 0.25) is 0 Å². The molecule has 0 radical (unpaired) electrons. The molecule has 1 aliphatic heterocycles. The number of nitrogens with one attached hydrogen (secondary N) is 1. The molecule has 0 aromatic rings. The summed E-state index contributed by atoms with van der Waals surface area (Å²) >= 11 is 0. The van der Waals surface area contributed by atoms with Crippen molar-refractivity contribution in [2.75, 3.05) is 6.54 Å². The van der Waals surface area contributed by atoms with Crippen LogP contribution in [0.3, 0.4) is 0 Å². The van der Waals surface area contributed by atoms with Crippen LogP contribution in [0.1, 0.15) is 65.7 Å². The summed E-state index contributed by atoms with van der Waals surface area (Å²) in [7, 11) is 0. The van der Waals surface area contributed by atoms with Gasteiger partial charge in [0.1, 0.15) is 6.04 Å². The lowest BCUT2D eigenvalue weighted by Crippen LogP contribution is -2.51. The first-order valence-corrected chi connectivity index (χ1v) is 8.01. The van der Waals surface area contributed by atoms with E-state index in [0.29, 0.717) is 6.04 Å². The molecule has 1 heterocycles. The second kappa shape index (κ2) is 6.15. The van der Waals surface area contributed by atoms with Gasteiger partial charge in [0.15, 0.2) is 0 Å². The largest absolute Gasteiger partial charge is 0.352 e. The normalized spacial score (nSPS) is 24.8. The summed E-state index contributed by atoms with van der Waals surface area (Å²) < 4.78 is 0. The summed E-state index contributed by atoms with van der Waals surface area (Å²) in [5.74, 6) is 0.158. The second-order valence-corrected chi connectivity index (χ2v) is 7.25. The summed E-state index contributed by atoms with van der Waals surface area (Å²) in [5.41, 5.74) is -0.409. The fourth-order valence-electron chi connectivity index (χ4n) is 3.26. The van der Waals surface area contributed by atoms with E-state index < -0.39 is 5.41 Å². The van der Waals surface area contributed by atoms with Gasteiger partial charge in [-0.05, 0) is 25.7 Å². The van der Waals surface area contributed by atoms with Crippen molar-refractivity contribution >= 4 is 11.8 Å². The first-order chi connectivity index (χ1) is 9.39. The lowest BCUT2D eigenvalue weighted by Gasteiger charge is -2.32. The Kier molecular flexibility index (Phi) is 4.71. The van der Waals surface area contributed by atoms with Gasteiger partial charge in [0.2, 0.25) is 11.8 Å². The Bertz CT molecular complexity index is 367. The van der Waals surface area contributed by atoms with E-state index in [1.54, 1.807) is 4.90 Å². The van der Waals surface area contributed by atoms with E-state index in [1.165, 1.54) is 19.3 Å². The summed E-state index contributed by atoms with van der Waals surface area (Å²) in [6, 6.07) is 0.0760. The summed E-state index contributed by atoms with van der Waals surface area (Å²) in [6.45, 7) is 6.48. The molecule has 2 fully saturated rings. The lowest BCUT2D eigenvalue weighted by molar-refractivity contribution is -0.144. The van der Waals surface area contributed by atoms with Crippen LogP contribution in [-0.4, -0.2) is 35.3 Å². The van der Waals surface area contributed by atoms with Crippen molar-refractivity contribution in [2.45, 2.75) is 77.8 Å². The van der Waals surface area contributed by atoms with Crippen molar-refractivity contribution in [1.29, 1.82) is 0 Å². The van der Waals surface area contributed by atoms with E-state index >= 15 is 0 Å². The molecule has 1 N–H and O–H groups in total. The summed E-state index contributed by atoms with van der Waals surface area (Å²) in [6.07, 6.45) is 7.62. The van der Waals surface area contributed by atoms with Crippen LogP contribution < -0.4 is 5.32 Å². The van der Waals surface area contributed by atoms with E-state index in [-0.39, 0.29) is 17.9 Å². The van der Waals surface area contributed by atoms with Crippen LogP contribution in [0, 0.1) is 5.41 Å². The van der Waals surface area contributed by atoms with Gasteiger partial charge in [-0.15, -0.1) is 0 Å². The number of amides is 2. The zero-order valence-corrected chi connectivity index (χ0v) is 13.1. The van der Waals surface area contributed by atoms with Crippen molar-refractivity contribution in [2.24, 2.45) is 5.41 Å². The molecule has 4 heteroatoms. The standard InChI is InChI=1S/C16H28N2O2/c1-16(2,3)15(20)18-11-7-10-13(18)14(19)17-12-8-5-4-6-9-12/h12-13H,4-11H2,1-3H3,(H,17,19)/t13-/m1/s1. The third-order valence-electron chi connectivity index (χ3n) is 4.41. The van der Waals surface area contributed by atoms with E-state index in [1.807, 2.05) is 20.8 Å². The Balaban J connectivity index is 1.95. The molecule has 4 nitrogen and oxygen atoms in total.